The number of anilines is 1. The van der Waals surface area contributed by atoms with Gasteiger partial charge in [-0.2, -0.15) is 0 Å². The van der Waals surface area contributed by atoms with E-state index in [0.717, 1.165) is 49.7 Å². The molecule has 5 nitrogen and oxygen atoms in total. The van der Waals surface area contributed by atoms with Crippen molar-refractivity contribution in [2.75, 3.05) is 24.6 Å². The van der Waals surface area contributed by atoms with Crippen LogP contribution in [0.3, 0.4) is 0 Å². The van der Waals surface area contributed by atoms with Gasteiger partial charge in [-0.15, -0.1) is 0 Å². The molecule has 0 radical (unpaired) electrons. The fourth-order valence-electron chi connectivity index (χ4n) is 2.88. The Kier molecular flexibility index (Phi) is 3.89. The maximum absolute atomic E-state index is 5.94. The molecule has 1 saturated heterocycles. The van der Waals surface area contributed by atoms with E-state index in [1.165, 1.54) is 0 Å². The molecule has 3 rings (SSSR count). The first-order chi connectivity index (χ1) is 9.83. The van der Waals surface area contributed by atoms with E-state index in [-0.39, 0.29) is 0 Å². The summed E-state index contributed by atoms with van der Waals surface area (Å²) in [6.45, 7) is 5.34. The molecule has 0 saturated carbocycles. The van der Waals surface area contributed by atoms with Crippen LogP contribution in [0.15, 0.2) is 24.4 Å². The van der Waals surface area contributed by atoms with Gasteiger partial charge in [-0.05, 0) is 31.9 Å². The van der Waals surface area contributed by atoms with Crippen LogP contribution in [0, 0.1) is 0 Å². The standard InChI is InChI=1S/C15H22N4O/c1-2-18(11-12-6-5-9-20-12)15-13(10-16)19-8-4-3-7-14(19)17-15/h3-4,7-8,12H,2,5-6,9-11,16H2,1H3. The molecular formula is C15H22N4O. The fourth-order valence-corrected chi connectivity index (χ4v) is 2.88. The Labute approximate surface area is 119 Å². The average Bonchev–Trinajstić information content (AvgIpc) is 3.11. The topological polar surface area (TPSA) is 55.8 Å². The number of hydrogen-bond acceptors (Lipinski definition) is 4. The lowest BCUT2D eigenvalue weighted by molar-refractivity contribution is 0.115. The highest BCUT2D eigenvalue weighted by Gasteiger charge is 2.22. The molecular weight excluding hydrogens is 252 g/mol. The molecule has 2 N–H and O–H groups in total. The number of hydrogen-bond donors (Lipinski definition) is 1. The number of nitrogens with two attached hydrogens (primary N) is 1. The van der Waals surface area contributed by atoms with Gasteiger partial charge in [0.15, 0.2) is 5.82 Å². The van der Waals surface area contributed by atoms with Crippen molar-refractivity contribution in [2.24, 2.45) is 5.73 Å². The monoisotopic (exact) mass is 274 g/mol. The minimum absolute atomic E-state index is 0.324. The van der Waals surface area contributed by atoms with Crippen molar-refractivity contribution in [2.45, 2.75) is 32.4 Å². The summed E-state index contributed by atoms with van der Waals surface area (Å²) in [6, 6.07) is 6.03. The maximum Gasteiger partial charge on any atom is 0.152 e. The summed E-state index contributed by atoms with van der Waals surface area (Å²) in [7, 11) is 0. The molecule has 2 aromatic rings. The zero-order valence-electron chi connectivity index (χ0n) is 12.0. The molecule has 2 aromatic heterocycles. The molecule has 0 aromatic carbocycles. The summed E-state index contributed by atoms with van der Waals surface area (Å²) >= 11 is 0. The number of imidazole rings is 1. The summed E-state index contributed by atoms with van der Waals surface area (Å²) in [5.74, 6) is 0.997. The Morgan fingerprint density at radius 2 is 2.40 bits per heavy atom. The van der Waals surface area contributed by atoms with Crippen molar-refractivity contribution in [3.63, 3.8) is 0 Å². The zero-order valence-corrected chi connectivity index (χ0v) is 12.0. The van der Waals surface area contributed by atoms with Crippen LogP contribution in [0.1, 0.15) is 25.5 Å². The zero-order chi connectivity index (χ0) is 13.9. The number of pyridine rings is 1. The second kappa shape index (κ2) is 5.81. The molecule has 108 valence electrons. The van der Waals surface area contributed by atoms with Gasteiger partial charge in [0.2, 0.25) is 0 Å². The molecule has 0 aliphatic carbocycles. The molecule has 1 fully saturated rings. The Balaban J connectivity index is 1.93. The minimum atomic E-state index is 0.324. The summed E-state index contributed by atoms with van der Waals surface area (Å²) in [5, 5.41) is 0. The lowest BCUT2D eigenvalue weighted by atomic mass is 10.2. The number of ether oxygens (including phenoxy) is 1. The van der Waals surface area contributed by atoms with Crippen molar-refractivity contribution >= 4 is 11.5 Å². The molecule has 0 amide bonds. The number of fused-ring (bicyclic) bond motifs is 1. The first-order valence-corrected chi connectivity index (χ1v) is 7.36. The first-order valence-electron chi connectivity index (χ1n) is 7.36. The number of nitrogens with zero attached hydrogens (tertiary/aromatic N) is 3. The Hall–Kier alpha value is -1.59. The van der Waals surface area contributed by atoms with Crippen molar-refractivity contribution in [1.82, 2.24) is 9.38 Å². The number of likely N-dealkylation sites (N-methyl/N-ethyl adjacent to an activating group) is 1. The van der Waals surface area contributed by atoms with Crippen LogP contribution >= 0.6 is 0 Å². The molecule has 20 heavy (non-hydrogen) atoms. The van der Waals surface area contributed by atoms with Crippen LogP contribution < -0.4 is 10.6 Å². The molecule has 3 heterocycles. The van der Waals surface area contributed by atoms with Crippen molar-refractivity contribution in [3.8, 4) is 0 Å². The predicted molar refractivity (Wildman–Crippen MR) is 79.9 cm³/mol. The molecule has 5 heteroatoms. The Morgan fingerprint density at radius 1 is 1.50 bits per heavy atom. The average molecular weight is 274 g/mol. The Bertz CT molecular complexity index is 574. The van der Waals surface area contributed by atoms with Gasteiger partial charge in [0.05, 0.1) is 11.8 Å². The summed E-state index contributed by atoms with van der Waals surface area (Å²) in [6.07, 6.45) is 4.65. The lowest BCUT2D eigenvalue weighted by Crippen LogP contribution is -2.33. The normalized spacial score (nSPS) is 18.8. The Morgan fingerprint density at radius 3 is 3.10 bits per heavy atom. The summed E-state index contributed by atoms with van der Waals surface area (Å²) in [5.41, 5.74) is 7.97. The highest BCUT2D eigenvalue weighted by Crippen LogP contribution is 2.23. The van der Waals surface area contributed by atoms with E-state index >= 15 is 0 Å². The van der Waals surface area contributed by atoms with Crippen LogP contribution in [-0.4, -0.2) is 35.2 Å². The van der Waals surface area contributed by atoms with Gasteiger partial charge in [0.1, 0.15) is 5.65 Å². The fraction of sp³-hybridized carbons (Fsp3) is 0.533. The van der Waals surface area contributed by atoms with E-state index < -0.39 is 0 Å². The SMILES string of the molecule is CCN(CC1CCCO1)c1nc2ccccn2c1CN. The quantitative estimate of drug-likeness (QED) is 0.903. The highest BCUT2D eigenvalue weighted by atomic mass is 16.5. The van der Waals surface area contributed by atoms with Gasteiger partial charge < -0.3 is 19.8 Å². The van der Waals surface area contributed by atoms with Crippen molar-refractivity contribution in [1.29, 1.82) is 0 Å². The van der Waals surface area contributed by atoms with Crippen LogP contribution in [0.25, 0.3) is 5.65 Å². The predicted octanol–water partition coefficient (Wildman–Crippen LogP) is 1.80. The van der Waals surface area contributed by atoms with Gasteiger partial charge >= 0.3 is 0 Å². The molecule has 0 spiro atoms. The number of aromatic nitrogens is 2. The van der Waals surface area contributed by atoms with Gasteiger partial charge in [-0.1, -0.05) is 6.07 Å². The molecule has 0 bridgehead atoms. The lowest BCUT2D eigenvalue weighted by Gasteiger charge is -2.24. The van der Waals surface area contributed by atoms with Crippen LogP contribution in [0.5, 0.6) is 0 Å². The third-order valence-electron chi connectivity index (χ3n) is 3.93. The second-order valence-electron chi connectivity index (χ2n) is 5.19. The summed E-state index contributed by atoms with van der Waals surface area (Å²) in [4.78, 5) is 7.03. The van der Waals surface area contributed by atoms with Crippen molar-refractivity contribution < 1.29 is 4.74 Å². The molecule has 1 atom stereocenters. The molecule has 1 aliphatic rings. The second-order valence-corrected chi connectivity index (χ2v) is 5.19. The first kappa shape index (κ1) is 13.4. The smallest absolute Gasteiger partial charge is 0.152 e. The van der Waals surface area contributed by atoms with Gasteiger partial charge in [-0.3, -0.25) is 0 Å². The van der Waals surface area contributed by atoms with Gasteiger partial charge in [0.25, 0.3) is 0 Å². The summed E-state index contributed by atoms with van der Waals surface area (Å²) < 4.78 is 7.82. The van der Waals surface area contributed by atoms with Gasteiger partial charge in [0, 0.05) is 32.4 Å². The molecule has 1 unspecified atom stereocenters. The van der Waals surface area contributed by atoms with Crippen LogP contribution in [0.4, 0.5) is 5.82 Å². The third-order valence-corrected chi connectivity index (χ3v) is 3.93. The van der Waals surface area contributed by atoms with Crippen LogP contribution in [0.2, 0.25) is 0 Å². The van der Waals surface area contributed by atoms with Crippen molar-refractivity contribution in [3.05, 3.63) is 30.1 Å². The van der Waals surface area contributed by atoms with E-state index in [4.69, 9.17) is 15.5 Å². The van der Waals surface area contributed by atoms with E-state index in [1.54, 1.807) is 0 Å². The van der Waals surface area contributed by atoms with E-state index in [2.05, 4.69) is 16.2 Å². The van der Waals surface area contributed by atoms with E-state index in [9.17, 15) is 0 Å². The number of rotatable bonds is 5. The van der Waals surface area contributed by atoms with Gasteiger partial charge in [-0.25, -0.2) is 4.98 Å². The largest absolute Gasteiger partial charge is 0.376 e. The van der Waals surface area contributed by atoms with E-state index in [1.807, 2.05) is 24.4 Å². The highest BCUT2D eigenvalue weighted by molar-refractivity contribution is 5.56. The minimum Gasteiger partial charge on any atom is -0.376 e. The maximum atomic E-state index is 5.94. The third kappa shape index (κ3) is 2.39. The van der Waals surface area contributed by atoms with E-state index in [0.29, 0.717) is 12.6 Å². The molecule has 1 aliphatic heterocycles. The van der Waals surface area contributed by atoms with Crippen LogP contribution in [-0.2, 0) is 11.3 Å².